The first kappa shape index (κ1) is 21.0. The number of nitro benzene ring substituents is 1. The maximum Gasteiger partial charge on any atom is 0.280 e. The fraction of sp³-hybridized carbons (Fsp3) is 0.273. The number of aromatic nitrogens is 1. The Labute approximate surface area is 185 Å². The molecule has 2 atom stereocenters. The summed E-state index contributed by atoms with van der Waals surface area (Å²) in [5.41, 5.74) is 1.28. The van der Waals surface area contributed by atoms with Crippen LogP contribution >= 0.6 is 12.2 Å². The number of hydrogen-bond donors (Lipinski definition) is 1. The largest absolute Gasteiger partial charge is 0.459 e. The number of hydrogen-bond acceptors (Lipinski definition) is 6. The van der Waals surface area contributed by atoms with Crippen LogP contribution in [0.3, 0.4) is 0 Å². The van der Waals surface area contributed by atoms with E-state index in [0.717, 1.165) is 12.1 Å². The molecule has 2 aromatic heterocycles. The summed E-state index contributed by atoms with van der Waals surface area (Å²) in [4.78, 5) is 17.6. The number of nitrogens with zero attached hydrogens (tertiary/aromatic N) is 3. The minimum atomic E-state index is -0.405. The van der Waals surface area contributed by atoms with E-state index in [-0.39, 0.29) is 17.8 Å². The van der Waals surface area contributed by atoms with Crippen molar-refractivity contribution in [1.29, 1.82) is 0 Å². The van der Waals surface area contributed by atoms with Crippen LogP contribution in [0.2, 0.25) is 0 Å². The number of para-hydroxylation sites is 1. The molecule has 8 nitrogen and oxygen atoms in total. The Kier molecular flexibility index (Phi) is 6.24. The van der Waals surface area contributed by atoms with Gasteiger partial charge in [0, 0.05) is 32.5 Å². The van der Waals surface area contributed by atoms with Gasteiger partial charge in [-0.2, -0.15) is 0 Å². The Morgan fingerprint density at radius 3 is 2.77 bits per heavy atom. The molecule has 160 valence electrons. The quantitative estimate of drug-likeness (QED) is 0.241. The molecule has 1 fully saturated rings. The van der Waals surface area contributed by atoms with E-state index in [4.69, 9.17) is 21.4 Å². The summed E-state index contributed by atoms with van der Waals surface area (Å²) in [5.74, 6) is 1.10. The van der Waals surface area contributed by atoms with Gasteiger partial charge in [0.05, 0.1) is 22.2 Å². The molecule has 1 aliphatic heterocycles. The molecule has 9 heteroatoms. The fourth-order valence-corrected chi connectivity index (χ4v) is 4.16. The van der Waals surface area contributed by atoms with Gasteiger partial charge >= 0.3 is 0 Å². The van der Waals surface area contributed by atoms with Gasteiger partial charge in [0.15, 0.2) is 5.11 Å². The number of nitrogens with one attached hydrogen (secondary N) is 1. The molecule has 1 saturated heterocycles. The number of benzene rings is 1. The summed E-state index contributed by atoms with van der Waals surface area (Å²) in [6, 6.07) is 15.5. The lowest BCUT2D eigenvalue weighted by Gasteiger charge is -2.25. The highest BCUT2D eigenvalue weighted by Gasteiger charge is 2.41. The summed E-state index contributed by atoms with van der Waals surface area (Å²) < 4.78 is 11.4. The van der Waals surface area contributed by atoms with Crippen LogP contribution in [0.25, 0.3) is 11.3 Å². The maximum absolute atomic E-state index is 11.4. The Balaban J connectivity index is 1.72. The van der Waals surface area contributed by atoms with E-state index in [0.29, 0.717) is 35.3 Å². The average Bonchev–Trinajstić information content (AvgIpc) is 3.39. The molecule has 1 N–H and O–H groups in total. The molecule has 0 unspecified atom stereocenters. The topological polar surface area (TPSA) is 93.7 Å². The van der Waals surface area contributed by atoms with Gasteiger partial charge in [-0.1, -0.05) is 18.2 Å². The molecule has 4 rings (SSSR count). The first-order chi connectivity index (χ1) is 15.1. The van der Waals surface area contributed by atoms with Crippen molar-refractivity contribution in [3.8, 4) is 11.3 Å². The molecule has 3 aromatic rings. The molecule has 0 spiro atoms. The fourth-order valence-electron chi connectivity index (χ4n) is 3.83. The van der Waals surface area contributed by atoms with Gasteiger partial charge < -0.3 is 19.4 Å². The van der Waals surface area contributed by atoms with E-state index in [9.17, 15) is 10.1 Å². The van der Waals surface area contributed by atoms with Crippen LogP contribution in [0, 0.1) is 10.1 Å². The van der Waals surface area contributed by atoms with Gasteiger partial charge in [-0.3, -0.25) is 15.1 Å². The molecule has 0 saturated carbocycles. The van der Waals surface area contributed by atoms with E-state index in [1.165, 1.54) is 6.07 Å². The van der Waals surface area contributed by atoms with Crippen LogP contribution in [0.15, 0.2) is 65.2 Å². The first-order valence-electron chi connectivity index (χ1n) is 9.90. The van der Waals surface area contributed by atoms with Gasteiger partial charge in [-0.15, -0.1) is 0 Å². The lowest BCUT2D eigenvalue weighted by molar-refractivity contribution is -0.384. The number of ether oxygens (including phenoxy) is 1. The smallest absolute Gasteiger partial charge is 0.280 e. The molecule has 0 amide bonds. The van der Waals surface area contributed by atoms with E-state index in [1.807, 2.05) is 24.3 Å². The minimum Gasteiger partial charge on any atom is -0.459 e. The second kappa shape index (κ2) is 9.23. The number of pyridine rings is 1. The molecule has 0 radical (unpaired) electrons. The van der Waals surface area contributed by atoms with Crippen LogP contribution in [0.1, 0.15) is 30.0 Å². The third-order valence-corrected chi connectivity index (χ3v) is 5.58. The predicted octanol–water partition coefficient (Wildman–Crippen LogP) is 4.26. The van der Waals surface area contributed by atoms with Gasteiger partial charge in [-0.05, 0) is 49.0 Å². The highest BCUT2D eigenvalue weighted by Crippen LogP contribution is 2.41. The van der Waals surface area contributed by atoms with Gasteiger partial charge in [0.2, 0.25) is 0 Å². The first-order valence-corrected chi connectivity index (χ1v) is 10.3. The minimum absolute atomic E-state index is 0.00157. The highest BCUT2D eigenvalue weighted by atomic mass is 32.1. The number of thiocarbonyl (C=S) groups is 1. The lowest BCUT2D eigenvalue weighted by Crippen LogP contribution is -2.31. The molecular weight excluding hydrogens is 416 g/mol. The Bertz CT molecular complexity index is 1070. The Morgan fingerprint density at radius 2 is 2.03 bits per heavy atom. The summed E-state index contributed by atoms with van der Waals surface area (Å²) in [5, 5.41) is 15.4. The molecule has 1 aromatic carbocycles. The Hall–Kier alpha value is -3.30. The highest BCUT2D eigenvalue weighted by molar-refractivity contribution is 7.80. The van der Waals surface area contributed by atoms with Crippen molar-refractivity contribution in [2.24, 2.45) is 0 Å². The van der Waals surface area contributed by atoms with Crippen LogP contribution in [-0.2, 0) is 4.74 Å². The molecule has 1 aliphatic rings. The molecule has 31 heavy (non-hydrogen) atoms. The molecule has 0 aliphatic carbocycles. The second-order valence-corrected chi connectivity index (χ2v) is 7.53. The van der Waals surface area contributed by atoms with Crippen molar-refractivity contribution in [3.63, 3.8) is 0 Å². The Morgan fingerprint density at radius 1 is 1.23 bits per heavy atom. The van der Waals surface area contributed by atoms with Crippen molar-refractivity contribution in [3.05, 3.63) is 82.4 Å². The predicted molar refractivity (Wildman–Crippen MR) is 119 cm³/mol. The van der Waals surface area contributed by atoms with Gasteiger partial charge in [0.25, 0.3) is 5.69 Å². The number of methoxy groups -OCH3 is 1. The zero-order valence-electron chi connectivity index (χ0n) is 16.9. The van der Waals surface area contributed by atoms with E-state index in [1.54, 1.807) is 37.6 Å². The van der Waals surface area contributed by atoms with Crippen LogP contribution in [0.4, 0.5) is 5.69 Å². The number of rotatable bonds is 8. The van der Waals surface area contributed by atoms with Crippen molar-refractivity contribution < 1.29 is 14.1 Å². The SMILES string of the molecule is COCCCN1C(=S)N[C@H](c2ccccn2)[C@@H]1c1ccc(-c2ccccc2[N+](=O)[O-])o1. The summed E-state index contributed by atoms with van der Waals surface area (Å²) in [7, 11) is 1.67. The summed E-state index contributed by atoms with van der Waals surface area (Å²) in [6.07, 6.45) is 2.53. The molecule has 0 bridgehead atoms. The average molecular weight is 439 g/mol. The maximum atomic E-state index is 11.4. The van der Waals surface area contributed by atoms with E-state index < -0.39 is 4.92 Å². The third kappa shape index (κ3) is 4.28. The zero-order chi connectivity index (χ0) is 21.8. The third-order valence-electron chi connectivity index (χ3n) is 5.23. The number of nitro groups is 1. The normalized spacial score (nSPS) is 18.2. The van der Waals surface area contributed by atoms with Crippen molar-refractivity contribution in [1.82, 2.24) is 15.2 Å². The van der Waals surface area contributed by atoms with Crippen LogP contribution < -0.4 is 5.32 Å². The molecule has 3 heterocycles. The van der Waals surface area contributed by atoms with E-state index >= 15 is 0 Å². The van der Waals surface area contributed by atoms with Crippen LogP contribution in [0.5, 0.6) is 0 Å². The van der Waals surface area contributed by atoms with Crippen LogP contribution in [-0.4, -0.2) is 40.2 Å². The van der Waals surface area contributed by atoms with E-state index in [2.05, 4.69) is 15.2 Å². The second-order valence-electron chi connectivity index (χ2n) is 7.14. The zero-order valence-corrected chi connectivity index (χ0v) is 17.7. The molecular formula is C22H22N4O4S. The van der Waals surface area contributed by atoms with Crippen molar-refractivity contribution in [2.45, 2.75) is 18.5 Å². The number of furan rings is 1. The van der Waals surface area contributed by atoms with Crippen molar-refractivity contribution in [2.75, 3.05) is 20.3 Å². The van der Waals surface area contributed by atoms with Gasteiger partial charge in [0.1, 0.15) is 17.6 Å². The summed E-state index contributed by atoms with van der Waals surface area (Å²) >= 11 is 5.61. The lowest BCUT2D eigenvalue weighted by atomic mass is 10.0. The van der Waals surface area contributed by atoms with Gasteiger partial charge in [-0.25, -0.2) is 0 Å². The standard InChI is InChI=1S/C22H22N4O4S/c1-29-14-6-13-25-21(20(24-22(25)31)16-8-4-5-12-23-16)19-11-10-18(30-19)15-7-2-3-9-17(15)26(27)28/h2-5,7-12,20-21H,6,13-14H2,1H3,(H,24,31)/t20-,21+/m1/s1. The van der Waals surface area contributed by atoms with Crippen molar-refractivity contribution >= 4 is 23.0 Å². The monoisotopic (exact) mass is 438 g/mol. The summed E-state index contributed by atoms with van der Waals surface area (Å²) in [6.45, 7) is 1.29.